The molecule has 0 spiro atoms. The fourth-order valence-electron chi connectivity index (χ4n) is 2.26. The van der Waals surface area contributed by atoms with Crippen molar-refractivity contribution in [3.63, 3.8) is 0 Å². The fraction of sp³-hybridized carbons (Fsp3) is 0.333. The van der Waals surface area contributed by atoms with Gasteiger partial charge < -0.3 is 29.2 Å². The normalized spacial score (nSPS) is 10.2. The van der Waals surface area contributed by atoms with E-state index in [0.717, 1.165) is 28.5 Å². The maximum atomic E-state index is 5.69. The molecule has 0 fully saturated rings. The van der Waals surface area contributed by atoms with Crippen LogP contribution in [0.25, 0.3) is 0 Å². The minimum absolute atomic E-state index is 0.130. The lowest BCUT2D eigenvalue weighted by Crippen LogP contribution is -2.10. The Morgan fingerprint density at radius 1 is 0.893 bits per heavy atom. The Balaban J connectivity index is 1.66. The van der Waals surface area contributed by atoms with E-state index in [1.54, 1.807) is 0 Å². The second-order valence-electron chi connectivity index (χ2n) is 5.65. The maximum absolute atomic E-state index is 5.69. The van der Waals surface area contributed by atoms with Gasteiger partial charge in [0, 0.05) is 12.7 Å². The average Bonchev–Trinajstić information content (AvgIpc) is 2.72. The van der Waals surface area contributed by atoms with Gasteiger partial charge in [-0.2, -0.15) is 4.89 Å². The van der Waals surface area contributed by atoms with Crippen molar-refractivity contribution in [3.8, 4) is 17.2 Å². The lowest BCUT2D eigenvalue weighted by atomic mass is 10.2. The molecule has 2 aromatic rings. The first kappa shape index (κ1) is 21.4. The summed E-state index contributed by atoms with van der Waals surface area (Å²) >= 11 is 0. The van der Waals surface area contributed by atoms with Crippen LogP contribution >= 0.6 is 0 Å². The van der Waals surface area contributed by atoms with Gasteiger partial charge in [-0.25, -0.2) is 0 Å². The van der Waals surface area contributed by atoms with Gasteiger partial charge >= 0.3 is 0 Å². The molecule has 0 amide bonds. The SMILES string of the molecule is C=COOCCOCCOc1ccc(OCOc2ccc(NC)cc2)c(C)c1. The van der Waals surface area contributed by atoms with Crippen molar-refractivity contribution in [2.75, 3.05) is 45.6 Å². The van der Waals surface area contributed by atoms with Gasteiger partial charge in [-0.1, -0.05) is 6.58 Å². The summed E-state index contributed by atoms with van der Waals surface area (Å²) in [7, 11) is 1.87. The topological polar surface area (TPSA) is 67.4 Å². The lowest BCUT2D eigenvalue weighted by Gasteiger charge is -2.13. The van der Waals surface area contributed by atoms with Crippen LogP contribution in [0.3, 0.4) is 0 Å². The predicted molar refractivity (Wildman–Crippen MR) is 107 cm³/mol. The molecular weight excluding hydrogens is 362 g/mol. The molecule has 0 atom stereocenters. The van der Waals surface area contributed by atoms with Gasteiger partial charge in [-0.3, -0.25) is 0 Å². The summed E-state index contributed by atoms with van der Waals surface area (Å²) < 4.78 is 22.3. The van der Waals surface area contributed by atoms with E-state index in [0.29, 0.717) is 26.4 Å². The Hall–Kier alpha value is -2.90. The molecule has 0 unspecified atom stereocenters. The van der Waals surface area contributed by atoms with E-state index in [4.69, 9.17) is 23.8 Å². The van der Waals surface area contributed by atoms with Crippen molar-refractivity contribution in [2.45, 2.75) is 6.92 Å². The molecule has 0 aliphatic heterocycles. The number of aryl methyl sites for hydroxylation is 1. The molecule has 28 heavy (non-hydrogen) atoms. The van der Waals surface area contributed by atoms with Gasteiger partial charge in [0.1, 0.15) is 36.7 Å². The van der Waals surface area contributed by atoms with Crippen molar-refractivity contribution >= 4 is 5.69 Å². The summed E-state index contributed by atoms with van der Waals surface area (Å²) in [5, 5.41) is 3.06. The molecule has 7 heteroatoms. The Bertz CT molecular complexity index is 705. The highest BCUT2D eigenvalue weighted by atomic mass is 17.2. The third kappa shape index (κ3) is 7.77. The van der Waals surface area contributed by atoms with Crippen molar-refractivity contribution < 1.29 is 28.7 Å². The van der Waals surface area contributed by atoms with Crippen LogP contribution in [0.5, 0.6) is 17.2 Å². The molecule has 0 saturated carbocycles. The molecule has 0 saturated heterocycles. The molecule has 1 N–H and O–H groups in total. The zero-order valence-electron chi connectivity index (χ0n) is 16.3. The van der Waals surface area contributed by atoms with Crippen molar-refractivity contribution in [1.82, 2.24) is 0 Å². The molecule has 0 radical (unpaired) electrons. The molecule has 0 bridgehead atoms. The smallest absolute Gasteiger partial charge is 0.230 e. The van der Waals surface area contributed by atoms with Crippen LogP contribution in [0.2, 0.25) is 0 Å². The zero-order valence-corrected chi connectivity index (χ0v) is 16.3. The second-order valence-corrected chi connectivity index (χ2v) is 5.65. The Morgan fingerprint density at radius 2 is 1.64 bits per heavy atom. The van der Waals surface area contributed by atoms with Crippen LogP contribution in [0.4, 0.5) is 5.69 Å². The van der Waals surface area contributed by atoms with Gasteiger partial charge in [0.15, 0.2) is 0 Å². The summed E-state index contributed by atoms with van der Waals surface area (Å²) in [6.45, 7) is 7.09. The van der Waals surface area contributed by atoms with E-state index >= 15 is 0 Å². The predicted octanol–water partition coefficient (Wildman–Crippen LogP) is 3.94. The number of rotatable bonds is 14. The van der Waals surface area contributed by atoms with Gasteiger partial charge in [0.25, 0.3) is 0 Å². The van der Waals surface area contributed by atoms with E-state index in [-0.39, 0.29) is 6.79 Å². The first-order valence-electron chi connectivity index (χ1n) is 8.96. The van der Waals surface area contributed by atoms with Crippen molar-refractivity contribution in [3.05, 3.63) is 60.9 Å². The third-order valence-electron chi connectivity index (χ3n) is 3.67. The van der Waals surface area contributed by atoms with Crippen molar-refractivity contribution in [2.24, 2.45) is 0 Å². The standard InChI is InChI=1S/C21H27NO6/c1-4-27-28-14-12-23-11-13-24-20-9-10-21(17(2)15-20)26-16-25-19-7-5-18(22-3)6-8-19/h4-10,15,22H,1,11-14,16H2,2-3H3. The fourth-order valence-corrected chi connectivity index (χ4v) is 2.26. The molecule has 0 aliphatic rings. The Morgan fingerprint density at radius 3 is 2.36 bits per heavy atom. The van der Waals surface area contributed by atoms with E-state index in [9.17, 15) is 0 Å². The van der Waals surface area contributed by atoms with E-state index in [1.807, 2.05) is 56.4 Å². The van der Waals surface area contributed by atoms with E-state index in [1.165, 1.54) is 6.26 Å². The molecule has 0 heterocycles. The van der Waals surface area contributed by atoms with Crippen LogP contribution < -0.4 is 19.5 Å². The average molecular weight is 389 g/mol. The molecule has 152 valence electrons. The minimum atomic E-state index is 0.130. The Labute approximate surface area is 165 Å². The lowest BCUT2D eigenvalue weighted by molar-refractivity contribution is -0.254. The van der Waals surface area contributed by atoms with Crippen molar-refractivity contribution in [1.29, 1.82) is 0 Å². The van der Waals surface area contributed by atoms with E-state index < -0.39 is 0 Å². The van der Waals surface area contributed by atoms with Gasteiger partial charge in [-0.05, 0) is 55.0 Å². The van der Waals surface area contributed by atoms with Crippen LogP contribution in [-0.4, -0.2) is 40.3 Å². The van der Waals surface area contributed by atoms with Gasteiger partial charge in [0.2, 0.25) is 6.79 Å². The van der Waals surface area contributed by atoms with Crippen LogP contribution in [0.1, 0.15) is 5.56 Å². The molecule has 0 aliphatic carbocycles. The van der Waals surface area contributed by atoms with E-state index in [2.05, 4.69) is 16.8 Å². The summed E-state index contributed by atoms with van der Waals surface area (Å²) in [6, 6.07) is 13.3. The number of hydrogen-bond acceptors (Lipinski definition) is 7. The maximum Gasteiger partial charge on any atom is 0.230 e. The number of anilines is 1. The number of hydrogen-bond donors (Lipinski definition) is 1. The van der Waals surface area contributed by atoms with Gasteiger partial charge in [0.05, 0.1) is 13.2 Å². The number of ether oxygens (including phenoxy) is 4. The quantitative estimate of drug-likeness (QED) is 0.173. The highest BCUT2D eigenvalue weighted by Crippen LogP contribution is 2.24. The van der Waals surface area contributed by atoms with Gasteiger partial charge in [-0.15, -0.1) is 0 Å². The second kappa shape index (κ2) is 12.5. The monoisotopic (exact) mass is 389 g/mol. The van der Waals surface area contributed by atoms with Crippen LogP contribution in [-0.2, 0) is 14.5 Å². The zero-order chi connectivity index (χ0) is 20.0. The number of benzene rings is 2. The third-order valence-corrected chi connectivity index (χ3v) is 3.67. The van der Waals surface area contributed by atoms with Crippen LogP contribution in [0.15, 0.2) is 55.3 Å². The largest absolute Gasteiger partial charge is 0.491 e. The molecule has 2 aromatic carbocycles. The molecule has 7 nitrogen and oxygen atoms in total. The first-order chi connectivity index (χ1) is 13.7. The molecule has 0 aromatic heterocycles. The summed E-state index contributed by atoms with van der Waals surface area (Å²) in [4.78, 5) is 9.26. The highest BCUT2D eigenvalue weighted by Gasteiger charge is 2.03. The summed E-state index contributed by atoms with van der Waals surface area (Å²) in [5.41, 5.74) is 1.99. The molecular formula is C21H27NO6. The highest BCUT2D eigenvalue weighted by molar-refractivity contribution is 5.45. The minimum Gasteiger partial charge on any atom is -0.491 e. The Kier molecular flexibility index (Phi) is 9.54. The molecule has 2 rings (SSSR count). The summed E-state index contributed by atoms with van der Waals surface area (Å²) in [6.07, 6.45) is 1.21. The van der Waals surface area contributed by atoms with Crippen LogP contribution in [0, 0.1) is 6.92 Å². The first-order valence-corrected chi connectivity index (χ1v) is 8.96. The summed E-state index contributed by atoms with van der Waals surface area (Å²) in [5.74, 6) is 2.25. The number of nitrogens with one attached hydrogen (secondary N) is 1.